The molecule has 1 amide bonds. The molecule has 0 atom stereocenters. The Kier molecular flexibility index (Phi) is 7.34. The van der Waals surface area contributed by atoms with Crippen LogP contribution in [-0.4, -0.2) is 65.5 Å². The second-order valence-electron chi connectivity index (χ2n) is 6.51. The largest absolute Gasteiger partial charge is 0.493 e. The molecule has 0 aliphatic carbocycles. The lowest BCUT2D eigenvalue weighted by molar-refractivity contribution is -0.133. The Morgan fingerprint density at radius 2 is 1.80 bits per heavy atom. The fourth-order valence-corrected chi connectivity index (χ4v) is 2.92. The Hall–Kier alpha value is -3.46. The fraction of sp³-hybridized carbons (Fsp3) is 0.333. The number of hydrogen-bond donors (Lipinski definition) is 0. The average molecular weight is 411 g/mol. The number of methoxy groups -OCH3 is 3. The Morgan fingerprint density at radius 1 is 1.03 bits per heavy atom. The summed E-state index contributed by atoms with van der Waals surface area (Å²) in [5, 5.41) is 12.4. The first-order chi connectivity index (χ1) is 14.6. The highest BCUT2D eigenvalue weighted by molar-refractivity contribution is 5.75. The molecule has 0 radical (unpaired) electrons. The van der Waals surface area contributed by atoms with Crippen LogP contribution in [0.4, 0.5) is 0 Å². The number of amides is 1. The summed E-state index contributed by atoms with van der Waals surface area (Å²) in [4.78, 5) is 15.9. The lowest BCUT2D eigenvalue weighted by atomic mass is 10.2. The van der Waals surface area contributed by atoms with Gasteiger partial charge < -0.3 is 19.1 Å². The molecule has 9 heteroatoms. The van der Waals surface area contributed by atoms with E-state index in [9.17, 15) is 4.79 Å². The van der Waals surface area contributed by atoms with Gasteiger partial charge in [-0.25, -0.2) is 0 Å². The van der Waals surface area contributed by atoms with Gasteiger partial charge in [0.15, 0.2) is 11.5 Å². The van der Waals surface area contributed by atoms with Crippen molar-refractivity contribution in [3.8, 4) is 22.9 Å². The van der Waals surface area contributed by atoms with Crippen LogP contribution < -0.4 is 9.47 Å². The van der Waals surface area contributed by atoms with Crippen molar-refractivity contribution in [2.75, 3.05) is 34.5 Å². The summed E-state index contributed by atoms with van der Waals surface area (Å²) in [6.07, 6.45) is 0. The van der Waals surface area contributed by atoms with E-state index in [0.717, 1.165) is 5.56 Å². The van der Waals surface area contributed by atoms with Crippen LogP contribution >= 0.6 is 0 Å². The summed E-state index contributed by atoms with van der Waals surface area (Å²) in [7, 11) is 4.74. The Balaban J connectivity index is 1.72. The maximum Gasteiger partial charge on any atom is 0.246 e. The summed E-state index contributed by atoms with van der Waals surface area (Å²) in [5.74, 6) is 1.46. The van der Waals surface area contributed by atoms with Crippen molar-refractivity contribution >= 4 is 5.91 Å². The molecule has 9 nitrogen and oxygen atoms in total. The van der Waals surface area contributed by atoms with Gasteiger partial charge in [0.2, 0.25) is 11.7 Å². The minimum Gasteiger partial charge on any atom is -0.493 e. The van der Waals surface area contributed by atoms with Crippen molar-refractivity contribution < 1.29 is 19.0 Å². The molecule has 0 saturated carbocycles. The summed E-state index contributed by atoms with van der Waals surface area (Å²) in [6, 6.07) is 15.1. The zero-order valence-corrected chi connectivity index (χ0v) is 17.3. The lowest BCUT2D eigenvalue weighted by Crippen LogP contribution is -2.36. The summed E-state index contributed by atoms with van der Waals surface area (Å²) in [6.45, 7) is 1.39. The molecule has 0 saturated heterocycles. The number of tetrazole rings is 1. The van der Waals surface area contributed by atoms with Gasteiger partial charge in [-0.3, -0.25) is 4.79 Å². The minimum absolute atomic E-state index is 0.0170. The maximum absolute atomic E-state index is 12.9. The first kappa shape index (κ1) is 21.3. The van der Waals surface area contributed by atoms with Gasteiger partial charge in [0, 0.05) is 25.8 Å². The average Bonchev–Trinajstić information content (AvgIpc) is 3.25. The highest BCUT2D eigenvalue weighted by atomic mass is 16.5. The normalized spacial score (nSPS) is 10.6. The fourth-order valence-electron chi connectivity index (χ4n) is 2.92. The van der Waals surface area contributed by atoms with Gasteiger partial charge in [-0.1, -0.05) is 30.3 Å². The zero-order chi connectivity index (χ0) is 21.3. The molecule has 0 bridgehead atoms. The van der Waals surface area contributed by atoms with Crippen molar-refractivity contribution in [1.29, 1.82) is 0 Å². The van der Waals surface area contributed by atoms with Gasteiger partial charge in [0.1, 0.15) is 6.54 Å². The molecule has 30 heavy (non-hydrogen) atoms. The molecule has 0 spiro atoms. The molecule has 3 aromatic rings. The van der Waals surface area contributed by atoms with Crippen molar-refractivity contribution in [2.45, 2.75) is 13.1 Å². The van der Waals surface area contributed by atoms with Crippen molar-refractivity contribution in [3.05, 3.63) is 54.1 Å². The van der Waals surface area contributed by atoms with Crippen molar-refractivity contribution in [2.24, 2.45) is 0 Å². The number of benzene rings is 2. The molecule has 0 N–H and O–H groups in total. The van der Waals surface area contributed by atoms with E-state index >= 15 is 0 Å². The van der Waals surface area contributed by atoms with Crippen LogP contribution in [0.15, 0.2) is 48.5 Å². The van der Waals surface area contributed by atoms with Crippen LogP contribution in [0.1, 0.15) is 5.56 Å². The van der Waals surface area contributed by atoms with E-state index in [0.29, 0.717) is 42.6 Å². The third-order valence-corrected chi connectivity index (χ3v) is 4.51. The van der Waals surface area contributed by atoms with Gasteiger partial charge in [-0.2, -0.15) is 4.80 Å². The quantitative estimate of drug-likeness (QED) is 0.504. The van der Waals surface area contributed by atoms with E-state index in [-0.39, 0.29) is 12.5 Å². The highest BCUT2D eigenvalue weighted by Gasteiger charge is 2.17. The molecule has 2 aromatic carbocycles. The molecule has 0 aliphatic rings. The minimum atomic E-state index is -0.118. The number of nitrogens with zero attached hydrogens (tertiary/aromatic N) is 5. The Labute approximate surface area is 175 Å². The van der Waals surface area contributed by atoms with E-state index < -0.39 is 0 Å². The molecule has 3 rings (SSSR count). The van der Waals surface area contributed by atoms with Gasteiger partial charge in [0.05, 0.1) is 20.8 Å². The van der Waals surface area contributed by atoms with Crippen LogP contribution in [0.5, 0.6) is 11.5 Å². The van der Waals surface area contributed by atoms with E-state index in [2.05, 4.69) is 15.4 Å². The SMILES string of the molecule is COCCN(Cc1ccccc1)C(=O)Cn1nnc(-c2ccc(OC)c(OC)c2)n1. The topological polar surface area (TPSA) is 91.6 Å². The smallest absolute Gasteiger partial charge is 0.246 e. The molecule has 0 aliphatic heterocycles. The van der Waals surface area contributed by atoms with Gasteiger partial charge in [-0.15, -0.1) is 10.2 Å². The number of rotatable bonds is 10. The summed E-state index contributed by atoms with van der Waals surface area (Å²) >= 11 is 0. The number of hydrogen-bond acceptors (Lipinski definition) is 7. The van der Waals surface area contributed by atoms with Gasteiger partial charge in [0.25, 0.3) is 0 Å². The van der Waals surface area contributed by atoms with Crippen LogP contribution in [0, 0.1) is 0 Å². The van der Waals surface area contributed by atoms with Gasteiger partial charge in [-0.05, 0) is 29.0 Å². The Bertz CT molecular complexity index is 961. The second-order valence-corrected chi connectivity index (χ2v) is 6.51. The first-order valence-corrected chi connectivity index (χ1v) is 9.45. The van der Waals surface area contributed by atoms with Crippen LogP contribution in [0.2, 0.25) is 0 Å². The third-order valence-electron chi connectivity index (χ3n) is 4.51. The van der Waals surface area contributed by atoms with E-state index in [1.807, 2.05) is 36.4 Å². The molecular weight excluding hydrogens is 386 g/mol. The molecule has 0 unspecified atom stereocenters. The first-order valence-electron chi connectivity index (χ1n) is 9.45. The molecule has 158 valence electrons. The van der Waals surface area contributed by atoms with Crippen molar-refractivity contribution in [1.82, 2.24) is 25.1 Å². The van der Waals surface area contributed by atoms with E-state index in [1.165, 1.54) is 4.80 Å². The second kappa shape index (κ2) is 10.4. The monoisotopic (exact) mass is 411 g/mol. The third kappa shape index (κ3) is 5.32. The maximum atomic E-state index is 12.9. The summed E-state index contributed by atoms with van der Waals surface area (Å²) < 4.78 is 15.7. The predicted molar refractivity (Wildman–Crippen MR) is 110 cm³/mol. The molecular formula is C21H25N5O4. The zero-order valence-electron chi connectivity index (χ0n) is 17.3. The Morgan fingerprint density at radius 3 is 2.50 bits per heavy atom. The lowest BCUT2D eigenvalue weighted by Gasteiger charge is -2.22. The highest BCUT2D eigenvalue weighted by Crippen LogP contribution is 2.30. The molecule has 1 aromatic heterocycles. The number of carbonyl (C=O) groups excluding carboxylic acids is 1. The van der Waals surface area contributed by atoms with E-state index in [4.69, 9.17) is 14.2 Å². The van der Waals surface area contributed by atoms with Gasteiger partial charge >= 0.3 is 0 Å². The van der Waals surface area contributed by atoms with Crippen molar-refractivity contribution in [3.63, 3.8) is 0 Å². The number of carbonyl (C=O) groups is 1. The predicted octanol–water partition coefficient (Wildman–Crippen LogP) is 2.03. The van der Waals surface area contributed by atoms with Crippen LogP contribution in [0.3, 0.4) is 0 Å². The number of aromatic nitrogens is 4. The van der Waals surface area contributed by atoms with E-state index in [1.54, 1.807) is 38.4 Å². The summed E-state index contributed by atoms with van der Waals surface area (Å²) in [5.41, 5.74) is 1.76. The van der Waals surface area contributed by atoms with Crippen LogP contribution in [0.25, 0.3) is 11.4 Å². The number of ether oxygens (including phenoxy) is 3. The standard InChI is InChI=1S/C21H25N5O4/c1-28-12-11-25(14-16-7-5-4-6-8-16)20(27)15-26-23-21(22-24-26)17-9-10-18(29-2)19(13-17)30-3/h4-10,13H,11-12,14-15H2,1-3H3. The molecule has 0 fully saturated rings. The molecule has 1 heterocycles. The van der Waals surface area contributed by atoms with Crippen LogP contribution in [-0.2, 0) is 22.6 Å².